The van der Waals surface area contributed by atoms with Crippen LogP contribution in [-0.4, -0.2) is 31.6 Å². The highest BCUT2D eigenvalue weighted by Gasteiger charge is 2.28. The lowest BCUT2D eigenvalue weighted by Crippen LogP contribution is -2.21. The molecule has 28 heavy (non-hydrogen) atoms. The van der Waals surface area contributed by atoms with Gasteiger partial charge in [0.2, 0.25) is 0 Å². The number of aliphatic imine (C=N–C) groups is 1. The fourth-order valence-electron chi connectivity index (χ4n) is 3.30. The van der Waals surface area contributed by atoms with Gasteiger partial charge in [-0.15, -0.1) is 0 Å². The average Bonchev–Trinajstić information content (AvgIpc) is 3.20. The number of allylic oxidation sites excluding steroid dienone is 4. The lowest BCUT2D eigenvalue weighted by Gasteiger charge is -2.10. The zero-order valence-corrected chi connectivity index (χ0v) is 18.3. The summed E-state index contributed by atoms with van der Waals surface area (Å²) < 4.78 is 10.3. The van der Waals surface area contributed by atoms with Crippen LogP contribution in [0, 0.1) is 5.92 Å². The van der Waals surface area contributed by atoms with Crippen molar-refractivity contribution in [2.24, 2.45) is 10.9 Å². The Bertz CT molecular complexity index is 496. The van der Waals surface area contributed by atoms with Crippen molar-refractivity contribution in [3.8, 4) is 0 Å². The summed E-state index contributed by atoms with van der Waals surface area (Å²) in [5, 5.41) is 0. The van der Waals surface area contributed by atoms with E-state index in [1.54, 1.807) is 0 Å². The summed E-state index contributed by atoms with van der Waals surface area (Å²) in [7, 11) is 1.39. The predicted octanol–water partition coefficient (Wildman–Crippen LogP) is 6.41. The highest BCUT2D eigenvalue weighted by atomic mass is 16.5. The second-order valence-electron chi connectivity index (χ2n) is 7.74. The number of unbranched alkanes of at least 4 members (excludes halogenated alkanes) is 8. The summed E-state index contributed by atoms with van der Waals surface area (Å²) in [6.07, 6.45) is 24.1. The van der Waals surface area contributed by atoms with Crippen molar-refractivity contribution in [3.63, 3.8) is 0 Å². The number of nitrogens with zero attached hydrogens (tertiary/aromatic N) is 1. The number of hydrogen-bond donors (Lipinski definition) is 0. The van der Waals surface area contributed by atoms with Gasteiger partial charge in [-0.1, -0.05) is 76.7 Å². The molecule has 160 valence electrons. The Labute approximate surface area is 172 Å². The molecule has 0 spiro atoms. The van der Waals surface area contributed by atoms with E-state index < -0.39 is 6.04 Å². The molecule has 0 bridgehead atoms. The minimum absolute atomic E-state index is 0.285. The Morgan fingerprint density at radius 3 is 2.39 bits per heavy atom. The Morgan fingerprint density at radius 2 is 1.71 bits per heavy atom. The van der Waals surface area contributed by atoms with Crippen molar-refractivity contribution >= 4 is 11.9 Å². The Kier molecular flexibility index (Phi) is 14.3. The lowest BCUT2D eigenvalue weighted by atomic mass is 10.0. The largest absolute Gasteiger partial charge is 0.478 e. The van der Waals surface area contributed by atoms with Crippen molar-refractivity contribution < 1.29 is 14.3 Å². The van der Waals surface area contributed by atoms with Crippen LogP contribution in [0.15, 0.2) is 29.3 Å². The van der Waals surface area contributed by atoms with Gasteiger partial charge in [0.25, 0.3) is 0 Å². The molecular formula is C24H41NO3. The van der Waals surface area contributed by atoms with E-state index in [0.29, 0.717) is 6.61 Å². The normalized spacial score (nSPS) is 17.8. The maximum Gasteiger partial charge on any atom is 0.334 e. The van der Waals surface area contributed by atoms with Gasteiger partial charge in [0.15, 0.2) is 11.9 Å². The summed E-state index contributed by atoms with van der Waals surface area (Å²) in [5.41, 5.74) is 0. The molecule has 0 N–H and O–H groups in total. The Balaban J connectivity index is 1.95. The van der Waals surface area contributed by atoms with Gasteiger partial charge >= 0.3 is 5.97 Å². The fraction of sp³-hybridized carbons (Fsp3) is 0.750. The third-order valence-electron chi connectivity index (χ3n) is 5.15. The molecule has 0 aromatic rings. The number of methoxy groups -OCH3 is 1. The van der Waals surface area contributed by atoms with Gasteiger partial charge in [-0.25, -0.2) is 9.79 Å². The third-order valence-corrected chi connectivity index (χ3v) is 5.15. The first-order valence-corrected chi connectivity index (χ1v) is 11.3. The number of ether oxygens (including phenoxy) is 2. The van der Waals surface area contributed by atoms with Crippen molar-refractivity contribution in [1.82, 2.24) is 0 Å². The molecule has 0 fully saturated rings. The van der Waals surface area contributed by atoms with Crippen molar-refractivity contribution in [2.45, 2.75) is 96.9 Å². The molecule has 1 heterocycles. The van der Waals surface area contributed by atoms with E-state index in [9.17, 15) is 4.79 Å². The van der Waals surface area contributed by atoms with Gasteiger partial charge in [-0.2, -0.15) is 0 Å². The molecule has 0 saturated heterocycles. The van der Waals surface area contributed by atoms with Gasteiger partial charge in [0.1, 0.15) is 6.61 Å². The molecule has 0 aliphatic carbocycles. The number of carbonyl (C=O) groups is 1. The SMILES string of the molecule is CCCCC/C=C\C/C=C\CCCCCCCC(C)C1=N[C@H](C(=O)OC)CO1. The summed E-state index contributed by atoms with van der Waals surface area (Å²) in [6.45, 7) is 4.70. The molecule has 0 saturated carbocycles. The zero-order valence-electron chi connectivity index (χ0n) is 18.3. The highest BCUT2D eigenvalue weighted by Crippen LogP contribution is 2.18. The summed E-state index contributed by atoms with van der Waals surface area (Å²) in [6, 6.07) is -0.466. The molecule has 2 atom stereocenters. The van der Waals surface area contributed by atoms with Crippen molar-refractivity contribution in [1.29, 1.82) is 0 Å². The van der Waals surface area contributed by atoms with E-state index in [0.717, 1.165) is 18.7 Å². The molecule has 4 heteroatoms. The molecule has 0 radical (unpaired) electrons. The molecule has 1 rings (SSSR count). The minimum Gasteiger partial charge on any atom is -0.478 e. The van der Waals surface area contributed by atoms with Crippen LogP contribution >= 0.6 is 0 Å². The van der Waals surface area contributed by atoms with E-state index in [1.165, 1.54) is 71.3 Å². The second-order valence-corrected chi connectivity index (χ2v) is 7.74. The molecule has 0 aromatic heterocycles. The van der Waals surface area contributed by atoms with E-state index in [1.807, 2.05) is 0 Å². The zero-order chi connectivity index (χ0) is 20.5. The van der Waals surface area contributed by atoms with Crippen molar-refractivity contribution in [2.75, 3.05) is 13.7 Å². The van der Waals surface area contributed by atoms with Crippen LogP contribution in [0.5, 0.6) is 0 Å². The number of rotatable bonds is 16. The molecule has 0 aromatic carbocycles. The molecule has 4 nitrogen and oxygen atoms in total. The first-order chi connectivity index (χ1) is 13.7. The monoisotopic (exact) mass is 391 g/mol. The standard InChI is InChI=1S/C24H41NO3/c1-4-5-6-7-8-9-10-11-12-13-14-15-16-17-18-19-21(2)23-25-22(20-28-23)24(26)27-3/h8-9,11-12,21-22H,4-7,10,13-20H2,1-3H3/b9-8-,12-11-/t21?,22-/m0/s1. The van der Waals surface area contributed by atoms with Crippen LogP contribution in [0.2, 0.25) is 0 Å². The van der Waals surface area contributed by atoms with Crippen LogP contribution in [0.4, 0.5) is 0 Å². The van der Waals surface area contributed by atoms with Gasteiger partial charge in [-0.3, -0.25) is 0 Å². The van der Waals surface area contributed by atoms with Crippen LogP contribution in [-0.2, 0) is 14.3 Å². The van der Waals surface area contributed by atoms with Crippen LogP contribution < -0.4 is 0 Å². The molecule has 1 unspecified atom stereocenters. The number of esters is 1. The molecule has 0 amide bonds. The van der Waals surface area contributed by atoms with Gasteiger partial charge in [-0.05, 0) is 38.5 Å². The molecule has 1 aliphatic heterocycles. The predicted molar refractivity (Wildman–Crippen MR) is 118 cm³/mol. The van der Waals surface area contributed by atoms with Crippen LogP contribution in [0.25, 0.3) is 0 Å². The van der Waals surface area contributed by atoms with Gasteiger partial charge < -0.3 is 9.47 Å². The second kappa shape index (κ2) is 16.4. The smallest absolute Gasteiger partial charge is 0.334 e. The first kappa shape index (κ1) is 24.5. The lowest BCUT2D eigenvalue weighted by molar-refractivity contribution is -0.142. The average molecular weight is 392 g/mol. The maximum atomic E-state index is 11.5. The quantitative estimate of drug-likeness (QED) is 0.174. The van der Waals surface area contributed by atoms with E-state index in [-0.39, 0.29) is 11.9 Å². The van der Waals surface area contributed by atoms with E-state index >= 15 is 0 Å². The summed E-state index contributed by atoms with van der Waals surface area (Å²) in [5.74, 6) is 0.701. The maximum absolute atomic E-state index is 11.5. The summed E-state index contributed by atoms with van der Waals surface area (Å²) in [4.78, 5) is 15.8. The van der Waals surface area contributed by atoms with E-state index in [4.69, 9.17) is 9.47 Å². The number of hydrogen-bond acceptors (Lipinski definition) is 4. The van der Waals surface area contributed by atoms with Gasteiger partial charge in [0.05, 0.1) is 7.11 Å². The Morgan fingerprint density at radius 1 is 1.07 bits per heavy atom. The third kappa shape index (κ3) is 11.3. The Hall–Kier alpha value is -1.58. The number of carbonyl (C=O) groups excluding carboxylic acids is 1. The molecular weight excluding hydrogens is 350 g/mol. The van der Waals surface area contributed by atoms with Gasteiger partial charge in [0, 0.05) is 5.92 Å². The first-order valence-electron chi connectivity index (χ1n) is 11.3. The van der Waals surface area contributed by atoms with Crippen molar-refractivity contribution in [3.05, 3.63) is 24.3 Å². The molecule has 1 aliphatic rings. The highest BCUT2D eigenvalue weighted by molar-refractivity contribution is 5.86. The van der Waals surface area contributed by atoms with Crippen LogP contribution in [0.3, 0.4) is 0 Å². The minimum atomic E-state index is -0.466. The van der Waals surface area contributed by atoms with Crippen LogP contribution in [0.1, 0.15) is 90.9 Å². The topological polar surface area (TPSA) is 47.9 Å². The fourth-order valence-corrected chi connectivity index (χ4v) is 3.30. The van der Waals surface area contributed by atoms with E-state index in [2.05, 4.69) is 43.1 Å². The summed E-state index contributed by atoms with van der Waals surface area (Å²) >= 11 is 0.